The van der Waals surface area contributed by atoms with Crippen LogP contribution in [0, 0.1) is 12.7 Å². The molecule has 9 heteroatoms. The van der Waals surface area contributed by atoms with E-state index in [4.69, 9.17) is 9.72 Å². The number of benzene rings is 1. The van der Waals surface area contributed by atoms with E-state index in [2.05, 4.69) is 20.2 Å². The van der Waals surface area contributed by atoms with Crippen LogP contribution >= 0.6 is 0 Å². The van der Waals surface area contributed by atoms with Gasteiger partial charge < -0.3 is 24.8 Å². The van der Waals surface area contributed by atoms with Gasteiger partial charge in [-0.2, -0.15) is 0 Å². The molecule has 3 aromatic rings. The number of aryl methyl sites for hydroxylation is 1. The molecule has 172 valence electrons. The van der Waals surface area contributed by atoms with Gasteiger partial charge in [0.25, 0.3) is 0 Å². The molecular weight excluding hydrogens is 423 g/mol. The minimum Gasteiger partial charge on any atom is -0.374 e. The molecule has 0 radical (unpaired) electrons. The molecule has 2 aromatic heterocycles. The van der Waals surface area contributed by atoms with Gasteiger partial charge >= 0.3 is 0 Å². The molecule has 1 aromatic carbocycles. The molecule has 3 aliphatic heterocycles. The molecular formula is C24H27FN6O2. The van der Waals surface area contributed by atoms with Crippen molar-refractivity contribution in [1.29, 1.82) is 0 Å². The highest BCUT2D eigenvalue weighted by Crippen LogP contribution is 2.31. The van der Waals surface area contributed by atoms with Crippen LogP contribution in [0.3, 0.4) is 0 Å². The summed E-state index contributed by atoms with van der Waals surface area (Å²) in [5.41, 5.74) is 2.81. The Morgan fingerprint density at radius 1 is 1.21 bits per heavy atom. The van der Waals surface area contributed by atoms with Gasteiger partial charge in [0, 0.05) is 43.9 Å². The Balaban J connectivity index is 1.52. The average Bonchev–Trinajstić information content (AvgIpc) is 3.29. The Morgan fingerprint density at radius 2 is 2.12 bits per heavy atom. The van der Waals surface area contributed by atoms with E-state index in [0.717, 1.165) is 17.8 Å². The first-order valence-corrected chi connectivity index (χ1v) is 11.6. The van der Waals surface area contributed by atoms with Crippen LogP contribution in [0.1, 0.15) is 18.7 Å². The molecule has 3 atom stereocenters. The standard InChI is InChI=1S/C24H27FN6O2/c1-14-27-20-9-15(25)8-18-19-4-2-5-22(29-19)28-16-10-21(26-11-16)24(32)30-6-3-7-33-17(12-30)13-31(14)23(18)20/h2,4-5,8-9,16-17,21,26H,3,6-7,10-13H2,1H3,(H,28,29)/t16-,17+,21-/m0/s1. The minimum absolute atomic E-state index is 0.0890. The zero-order valence-electron chi connectivity index (χ0n) is 18.6. The molecule has 2 N–H and O–H groups in total. The van der Waals surface area contributed by atoms with Crippen molar-refractivity contribution < 1.29 is 13.9 Å². The fourth-order valence-electron chi connectivity index (χ4n) is 5.31. The van der Waals surface area contributed by atoms with E-state index in [-0.39, 0.29) is 29.9 Å². The summed E-state index contributed by atoms with van der Waals surface area (Å²) in [6.45, 7) is 4.96. The summed E-state index contributed by atoms with van der Waals surface area (Å²) >= 11 is 0. The number of ether oxygens (including phenoxy) is 1. The molecule has 2 saturated heterocycles. The number of carbonyl (C=O) groups is 1. The quantitative estimate of drug-likeness (QED) is 0.547. The minimum atomic E-state index is -0.342. The van der Waals surface area contributed by atoms with Crippen LogP contribution < -0.4 is 10.6 Å². The van der Waals surface area contributed by atoms with Gasteiger partial charge in [0.15, 0.2) is 0 Å². The van der Waals surface area contributed by atoms with Crippen molar-refractivity contribution in [3.8, 4) is 11.3 Å². The Hall–Kier alpha value is -3.04. The van der Waals surface area contributed by atoms with E-state index in [1.165, 1.54) is 12.1 Å². The van der Waals surface area contributed by atoms with Gasteiger partial charge in [-0.1, -0.05) is 6.07 Å². The summed E-state index contributed by atoms with van der Waals surface area (Å²) in [6.07, 6.45) is 1.33. The van der Waals surface area contributed by atoms with E-state index < -0.39 is 0 Å². The van der Waals surface area contributed by atoms with Crippen LogP contribution in [0.15, 0.2) is 30.3 Å². The molecule has 8 nitrogen and oxygen atoms in total. The Morgan fingerprint density at radius 3 is 3.03 bits per heavy atom. The first-order valence-electron chi connectivity index (χ1n) is 11.6. The third-order valence-corrected chi connectivity index (χ3v) is 6.85. The fourth-order valence-corrected chi connectivity index (χ4v) is 5.31. The van der Waals surface area contributed by atoms with Crippen molar-refractivity contribution in [3.05, 3.63) is 42.0 Å². The summed E-state index contributed by atoms with van der Waals surface area (Å²) in [4.78, 5) is 24.7. The third-order valence-electron chi connectivity index (χ3n) is 6.85. The zero-order chi connectivity index (χ0) is 22.5. The van der Waals surface area contributed by atoms with E-state index in [1.807, 2.05) is 30.0 Å². The number of rotatable bonds is 0. The van der Waals surface area contributed by atoms with Crippen molar-refractivity contribution >= 4 is 22.8 Å². The molecule has 6 bridgehead atoms. The number of amides is 1. The van der Waals surface area contributed by atoms with Crippen LogP contribution in [0.25, 0.3) is 22.3 Å². The Kier molecular flexibility index (Phi) is 5.03. The number of fused-ring (bicyclic) bond motifs is 7. The van der Waals surface area contributed by atoms with E-state index in [1.54, 1.807) is 0 Å². The highest BCUT2D eigenvalue weighted by atomic mass is 19.1. The van der Waals surface area contributed by atoms with Gasteiger partial charge in [0.1, 0.15) is 17.5 Å². The molecule has 1 amide bonds. The summed E-state index contributed by atoms with van der Waals surface area (Å²) in [6, 6.07) is 8.59. The molecule has 5 heterocycles. The second-order valence-electron chi connectivity index (χ2n) is 9.17. The molecule has 33 heavy (non-hydrogen) atoms. The first kappa shape index (κ1) is 20.6. The largest absolute Gasteiger partial charge is 0.374 e. The molecule has 0 unspecified atom stereocenters. The van der Waals surface area contributed by atoms with Gasteiger partial charge in [0.2, 0.25) is 5.91 Å². The second-order valence-corrected chi connectivity index (χ2v) is 9.17. The molecule has 0 spiro atoms. The number of anilines is 1. The number of hydrogen-bond acceptors (Lipinski definition) is 6. The number of carbonyl (C=O) groups excluding carboxylic acids is 1. The van der Waals surface area contributed by atoms with E-state index in [0.29, 0.717) is 61.8 Å². The van der Waals surface area contributed by atoms with Crippen molar-refractivity contribution in [2.24, 2.45) is 0 Å². The number of nitrogens with one attached hydrogen (secondary N) is 2. The number of imidazole rings is 1. The number of halogens is 1. The number of hydrogen-bond donors (Lipinski definition) is 2. The van der Waals surface area contributed by atoms with Crippen LogP contribution in [-0.2, 0) is 16.1 Å². The molecule has 2 fully saturated rings. The van der Waals surface area contributed by atoms with Gasteiger partial charge in [-0.05, 0) is 38.0 Å². The lowest BCUT2D eigenvalue weighted by Crippen LogP contribution is -2.46. The van der Waals surface area contributed by atoms with Gasteiger partial charge in [-0.25, -0.2) is 14.4 Å². The van der Waals surface area contributed by atoms with Crippen LogP contribution in [0.2, 0.25) is 0 Å². The predicted molar refractivity (Wildman–Crippen MR) is 122 cm³/mol. The van der Waals surface area contributed by atoms with Crippen molar-refractivity contribution in [1.82, 2.24) is 24.8 Å². The lowest BCUT2D eigenvalue weighted by atomic mass is 10.1. The normalized spacial score (nSPS) is 25.3. The lowest BCUT2D eigenvalue weighted by molar-refractivity contribution is -0.134. The maximum absolute atomic E-state index is 14.6. The number of pyridine rings is 1. The smallest absolute Gasteiger partial charge is 0.239 e. The number of aromatic nitrogens is 3. The summed E-state index contributed by atoms with van der Waals surface area (Å²) < 4.78 is 22.8. The van der Waals surface area contributed by atoms with E-state index >= 15 is 0 Å². The van der Waals surface area contributed by atoms with Gasteiger partial charge in [0.05, 0.1) is 35.4 Å². The van der Waals surface area contributed by atoms with Gasteiger partial charge in [-0.3, -0.25) is 4.79 Å². The van der Waals surface area contributed by atoms with Crippen LogP contribution in [0.4, 0.5) is 10.2 Å². The zero-order valence-corrected chi connectivity index (χ0v) is 18.6. The van der Waals surface area contributed by atoms with Gasteiger partial charge in [-0.15, -0.1) is 0 Å². The maximum atomic E-state index is 14.6. The molecule has 0 aliphatic carbocycles. The summed E-state index contributed by atoms with van der Waals surface area (Å²) in [5, 5.41) is 6.84. The topological polar surface area (TPSA) is 84.3 Å². The third kappa shape index (κ3) is 3.75. The Labute approximate surface area is 191 Å². The second kappa shape index (κ2) is 8.07. The van der Waals surface area contributed by atoms with E-state index in [9.17, 15) is 9.18 Å². The molecule has 3 aliphatic rings. The summed E-state index contributed by atoms with van der Waals surface area (Å²) in [7, 11) is 0. The van der Waals surface area contributed by atoms with Crippen molar-refractivity contribution in [3.63, 3.8) is 0 Å². The summed E-state index contributed by atoms with van der Waals surface area (Å²) in [5.74, 6) is 1.27. The SMILES string of the molecule is Cc1nc2cc(F)cc3c2n1C[C@H]1CN(CCCO1)C(=O)[C@@H]1C[C@@H](CN1)Nc1cccc-3n1. The average molecular weight is 451 g/mol. The van der Waals surface area contributed by atoms with Crippen LogP contribution in [0.5, 0.6) is 0 Å². The van der Waals surface area contributed by atoms with Crippen LogP contribution in [-0.4, -0.2) is 69.8 Å². The number of nitrogens with zero attached hydrogens (tertiary/aromatic N) is 4. The van der Waals surface area contributed by atoms with Crippen molar-refractivity contribution in [2.75, 3.05) is 31.6 Å². The molecule has 6 rings (SSSR count). The monoisotopic (exact) mass is 450 g/mol. The first-order chi connectivity index (χ1) is 16.0. The lowest BCUT2D eigenvalue weighted by Gasteiger charge is -2.27. The molecule has 0 saturated carbocycles. The Bertz CT molecular complexity index is 1230. The fraction of sp³-hybridized carbons (Fsp3) is 0.458. The highest BCUT2D eigenvalue weighted by molar-refractivity contribution is 5.92. The van der Waals surface area contributed by atoms with Crippen molar-refractivity contribution in [2.45, 2.75) is 44.5 Å². The highest BCUT2D eigenvalue weighted by Gasteiger charge is 2.34. The predicted octanol–water partition coefficient (Wildman–Crippen LogP) is 2.32. The maximum Gasteiger partial charge on any atom is 0.239 e.